The van der Waals surface area contributed by atoms with Crippen LogP contribution in [0.15, 0.2) is 24.3 Å². The van der Waals surface area contributed by atoms with E-state index in [1.165, 1.54) is 0 Å². The SMILES string of the molecule is COc1cc2c(c(OC)c1OC)-c1ccc(Cl)cc1C2N. The van der Waals surface area contributed by atoms with Gasteiger partial charge in [-0.3, -0.25) is 0 Å². The molecule has 0 fully saturated rings. The summed E-state index contributed by atoms with van der Waals surface area (Å²) in [6, 6.07) is 7.33. The van der Waals surface area contributed by atoms with Gasteiger partial charge < -0.3 is 19.9 Å². The second kappa shape index (κ2) is 5.13. The number of rotatable bonds is 3. The van der Waals surface area contributed by atoms with Crippen molar-refractivity contribution in [2.45, 2.75) is 6.04 Å². The highest BCUT2D eigenvalue weighted by molar-refractivity contribution is 6.30. The van der Waals surface area contributed by atoms with Gasteiger partial charge in [-0.1, -0.05) is 17.7 Å². The topological polar surface area (TPSA) is 53.7 Å². The van der Waals surface area contributed by atoms with Crippen LogP contribution < -0.4 is 19.9 Å². The normalized spacial score (nSPS) is 15.4. The van der Waals surface area contributed by atoms with E-state index < -0.39 is 0 Å². The van der Waals surface area contributed by atoms with Crippen LogP contribution in [0.2, 0.25) is 5.02 Å². The van der Waals surface area contributed by atoms with E-state index in [-0.39, 0.29) is 6.04 Å². The fourth-order valence-corrected chi connectivity index (χ4v) is 3.06. The molecule has 2 aromatic carbocycles. The van der Waals surface area contributed by atoms with Crippen LogP contribution in [0.3, 0.4) is 0 Å². The highest BCUT2D eigenvalue weighted by atomic mass is 35.5. The number of benzene rings is 2. The first-order valence-electron chi connectivity index (χ1n) is 6.50. The van der Waals surface area contributed by atoms with Gasteiger partial charge in [0.15, 0.2) is 11.5 Å². The maximum absolute atomic E-state index is 6.36. The molecule has 2 N–H and O–H groups in total. The second-order valence-electron chi connectivity index (χ2n) is 4.82. The Balaban J connectivity index is 2.36. The fraction of sp³-hybridized carbons (Fsp3) is 0.250. The van der Waals surface area contributed by atoms with E-state index >= 15 is 0 Å². The molecule has 0 aliphatic heterocycles. The smallest absolute Gasteiger partial charge is 0.203 e. The van der Waals surface area contributed by atoms with Gasteiger partial charge in [-0.05, 0) is 34.9 Å². The van der Waals surface area contributed by atoms with Crippen molar-refractivity contribution < 1.29 is 14.2 Å². The van der Waals surface area contributed by atoms with Crippen molar-refractivity contribution in [3.63, 3.8) is 0 Å². The standard InChI is InChI=1S/C16H16ClNO3/c1-19-12-7-11-13(16(21-3)15(12)20-2)9-5-4-8(17)6-10(9)14(11)18/h4-7,14H,18H2,1-3H3. The van der Waals surface area contributed by atoms with E-state index in [1.807, 2.05) is 24.3 Å². The predicted octanol–water partition coefficient (Wildman–Crippen LogP) is 3.39. The minimum Gasteiger partial charge on any atom is -0.493 e. The Hall–Kier alpha value is -1.91. The summed E-state index contributed by atoms with van der Waals surface area (Å²) >= 11 is 6.09. The third-order valence-corrected chi connectivity index (χ3v) is 4.05. The van der Waals surface area contributed by atoms with Gasteiger partial charge in [-0.2, -0.15) is 0 Å². The molecule has 0 saturated heterocycles. The van der Waals surface area contributed by atoms with Crippen molar-refractivity contribution in [1.29, 1.82) is 0 Å². The van der Waals surface area contributed by atoms with Crippen molar-refractivity contribution in [3.8, 4) is 28.4 Å². The number of nitrogens with two attached hydrogens (primary N) is 1. The minimum absolute atomic E-state index is 0.262. The second-order valence-corrected chi connectivity index (χ2v) is 5.26. The van der Waals surface area contributed by atoms with Crippen LogP contribution in [0.5, 0.6) is 17.2 Å². The molecule has 1 aliphatic carbocycles. The van der Waals surface area contributed by atoms with Crippen molar-refractivity contribution >= 4 is 11.6 Å². The van der Waals surface area contributed by atoms with Crippen LogP contribution in [0.1, 0.15) is 17.2 Å². The lowest BCUT2D eigenvalue weighted by Gasteiger charge is -2.17. The van der Waals surface area contributed by atoms with Crippen LogP contribution in [0, 0.1) is 0 Å². The van der Waals surface area contributed by atoms with E-state index in [4.69, 9.17) is 31.5 Å². The molecule has 1 aliphatic rings. The zero-order chi connectivity index (χ0) is 15.1. The van der Waals surface area contributed by atoms with Crippen molar-refractivity contribution in [1.82, 2.24) is 0 Å². The number of fused-ring (bicyclic) bond motifs is 3. The lowest BCUT2D eigenvalue weighted by atomic mass is 10.0. The van der Waals surface area contributed by atoms with Gasteiger partial charge >= 0.3 is 0 Å². The van der Waals surface area contributed by atoms with Crippen molar-refractivity contribution in [3.05, 3.63) is 40.4 Å². The van der Waals surface area contributed by atoms with Crippen LogP contribution in [-0.4, -0.2) is 21.3 Å². The molecule has 0 aromatic heterocycles. The van der Waals surface area contributed by atoms with E-state index in [0.29, 0.717) is 22.3 Å². The highest BCUT2D eigenvalue weighted by Crippen LogP contribution is 2.54. The fourth-order valence-electron chi connectivity index (χ4n) is 2.88. The Labute approximate surface area is 128 Å². The Bertz CT molecular complexity index is 715. The molecule has 0 amide bonds. The molecule has 1 atom stereocenters. The summed E-state index contributed by atoms with van der Waals surface area (Å²) in [5.41, 5.74) is 10.2. The average molecular weight is 306 g/mol. The Morgan fingerprint density at radius 3 is 2.29 bits per heavy atom. The molecule has 0 spiro atoms. The molecule has 0 heterocycles. The summed E-state index contributed by atoms with van der Waals surface area (Å²) in [6.07, 6.45) is 0. The van der Waals surface area contributed by atoms with Crippen LogP contribution in [-0.2, 0) is 0 Å². The molecule has 5 heteroatoms. The maximum Gasteiger partial charge on any atom is 0.203 e. The van der Waals surface area contributed by atoms with Gasteiger partial charge in [0.1, 0.15) is 0 Å². The van der Waals surface area contributed by atoms with Gasteiger partial charge in [-0.15, -0.1) is 0 Å². The summed E-state index contributed by atoms with van der Waals surface area (Å²) < 4.78 is 16.4. The molecule has 2 aromatic rings. The molecular weight excluding hydrogens is 290 g/mol. The first-order valence-corrected chi connectivity index (χ1v) is 6.88. The van der Waals surface area contributed by atoms with Gasteiger partial charge in [0.25, 0.3) is 0 Å². The Kier molecular flexibility index (Phi) is 3.43. The number of ether oxygens (including phenoxy) is 3. The number of methoxy groups -OCH3 is 3. The van der Waals surface area contributed by atoms with E-state index in [2.05, 4.69) is 0 Å². The van der Waals surface area contributed by atoms with Crippen molar-refractivity contribution in [2.75, 3.05) is 21.3 Å². The molecule has 4 nitrogen and oxygen atoms in total. The van der Waals surface area contributed by atoms with Crippen LogP contribution >= 0.6 is 11.6 Å². The Morgan fingerprint density at radius 2 is 1.67 bits per heavy atom. The van der Waals surface area contributed by atoms with E-state index in [0.717, 1.165) is 22.3 Å². The van der Waals surface area contributed by atoms with Gasteiger partial charge in [0.05, 0.1) is 27.4 Å². The third-order valence-electron chi connectivity index (χ3n) is 3.81. The summed E-state index contributed by atoms with van der Waals surface area (Å²) in [4.78, 5) is 0. The summed E-state index contributed by atoms with van der Waals surface area (Å²) in [7, 11) is 4.79. The largest absolute Gasteiger partial charge is 0.493 e. The minimum atomic E-state index is -0.262. The number of hydrogen-bond donors (Lipinski definition) is 1. The van der Waals surface area contributed by atoms with Crippen LogP contribution in [0.25, 0.3) is 11.1 Å². The highest BCUT2D eigenvalue weighted by Gasteiger charge is 2.32. The maximum atomic E-state index is 6.36. The average Bonchev–Trinajstić information content (AvgIpc) is 2.77. The van der Waals surface area contributed by atoms with Crippen molar-refractivity contribution in [2.24, 2.45) is 5.73 Å². The molecule has 21 heavy (non-hydrogen) atoms. The zero-order valence-electron chi connectivity index (χ0n) is 12.1. The third kappa shape index (κ3) is 1.94. The molecule has 3 rings (SSSR count). The molecular formula is C16H16ClNO3. The molecule has 0 bridgehead atoms. The van der Waals surface area contributed by atoms with Gasteiger partial charge in [0.2, 0.25) is 5.75 Å². The van der Waals surface area contributed by atoms with Crippen LogP contribution in [0.4, 0.5) is 0 Å². The monoisotopic (exact) mass is 305 g/mol. The first kappa shape index (κ1) is 14.0. The molecule has 1 unspecified atom stereocenters. The van der Waals surface area contributed by atoms with E-state index in [1.54, 1.807) is 21.3 Å². The lowest BCUT2D eigenvalue weighted by molar-refractivity contribution is 0.325. The molecule has 0 saturated carbocycles. The quantitative estimate of drug-likeness (QED) is 0.944. The summed E-state index contributed by atoms with van der Waals surface area (Å²) in [6.45, 7) is 0. The van der Waals surface area contributed by atoms with Gasteiger partial charge in [-0.25, -0.2) is 0 Å². The molecule has 110 valence electrons. The van der Waals surface area contributed by atoms with E-state index in [9.17, 15) is 0 Å². The Morgan fingerprint density at radius 1 is 0.952 bits per heavy atom. The first-order chi connectivity index (χ1) is 10.1. The lowest BCUT2D eigenvalue weighted by Crippen LogP contribution is -2.08. The summed E-state index contributed by atoms with van der Waals surface area (Å²) in [5, 5.41) is 0.662. The molecule has 0 radical (unpaired) electrons. The van der Waals surface area contributed by atoms with Gasteiger partial charge in [0, 0.05) is 10.6 Å². The predicted molar refractivity (Wildman–Crippen MR) is 82.6 cm³/mol. The number of halogens is 1. The summed E-state index contributed by atoms with van der Waals surface area (Å²) in [5.74, 6) is 1.79. The number of hydrogen-bond acceptors (Lipinski definition) is 4. The zero-order valence-corrected chi connectivity index (χ0v) is 12.8.